The number of benzene rings is 3. The van der Waals surface area contributed by atoms with Gasteiger partial charge in [0.05, 0.1) is 17.7 Å². The molecule has 1 aliphatic heterocycles. The first-order chi connectivity index (χ1) is 15.0. The van der Waals surface area contributed by atoms with E-state index in [4.69, 9.17) is 16.3 Å². The van der Waals surface area contributed by atoms with Gasteiger partial charge in [0.2, 0.25) is 0 Å². The Bertz CT molecular complexity index is 1190. The Labute approximate surface area is 189 Å². The monoisotopic (exact) mass is 450 g/mol. The summed E-state index contributed by atoms with van der Waals surface area (Å²) in [6.45, 7) is 0.339. The van der Waals surface area contributed by atoms with Crippen LogP contribution < -0.4 is 15.4 Å². The molecular formula is C24H19ClN2O3S. The zero-order chi connectivity index (χ0) is 21.8. The molecule has 5 nitrogen and oxygen atoms in total. The standard InChI is InChI=1S/C24H19ClN2O3S/c1-30-20-9-5-3-7-17(20)14-26-23(28)16-10-11-21-19(12-16)27-24(29)22(31-21)13-15-6-2-4-8-18(15)25/h2-13H,14H2,1H3,(H,26,28)(H,27,29)/b22-13+. The Morgan fingerprint density at radius 2 is 1.90 bits per heavy atom. The minimum absolute atomic E-state index is 0.231. The molecule has 0 saturated heterocycles. The average molecular weight is 451 g/mol. The van der Waals surface area contributed by atoms with Crippen molar-refractivity contribution in [2.45, 2.75) is 11.4 Å². The van der Waals surface area contributed by atoms with Crippen molar-refractivity contribution in [2.24, 2.45) is 0 Å². The van der Waals surface area contributed by atoms with Crippen molar-refractivity contribution < 1.29 is 14.3 Å². The summed E-state index contributed by atoms with van der Waals surface area (Å²) in [5, 5.41) is 6.34. The number of para-hydroxylation sites is 1. The van der Waals surface area contributed by atoms with Gasteiger partial charge in [0.15, 0.2) is 0 Å². The molecule has 2 N–H and O–H groups in total. The first kappa shape index (κ1) is 21.0. The van der Waals surface area contributed by atoms with Crippen molar-refractivity contribution in [3.8, 4) is 5.75 Å². The van der Waals surface area contributed by atoms with E-state index in [1.165, 1.54) is 11.8 Å². The topological polar surface area (TPSA) is 67.4 Å². The summed E-state index contributed by atoms with van der Waals surface area (Å²) < 4.78 is 5.31. The number of halogens is 1. The molecule has 156 valence electrons. The predicted octanol–water partition coefficient (Wildman–Crippen LogP) is 5.36. The minimum atomic E-state index is -0.232. The number of anilines is 1. The first-order valence-electron chi connectivity index (χ1n) is 9.55. The van der Waals surface area contributed by atoms with Crippen molar-refractivity contribution >= 4 is 46.9 Å². The number of hydrogen-bond donors (Lipinski definition) is 2. The Kier molecular flexibility index (Phi) is 6.30. The smallest absolute Gasteiger partial charge is 0.262 e. The fraction of sp³-hybridized carbons (Fsp3) is 0.0833. The molecule has 0 aromatic heterocycles. The Morgan fingerprint density at radius 1 is 1.13 bits per heavy atom. The Morgan fingerprint density at radius 3 is 2.71 bits per heavy atom. The van der Waals surface area contributed by atoms with E-state index in [0.717, 1.165) is 21.8 Å². The van der Waals surface area contributed by atoms with Crippen LogP contribution in [0, 0.1) is 0 Å². The number of hydrogen-bond acceptors (Lipinski definition) is 4. The van der Waals surface area contributed by atoms with Gasteiger partial charge in [-0.05, 0) is 42.0 Å². The second kappa shape index (κ2) is 9.29. The van der Waals surface area contributed by atoms with E-state index in [0.29, 0.717) is 27.7 Å². The molecule has 1 heterocycles. The molecule has 3 aromatic rings. The lowest BCUT2D eigenvalue weighted by Crippen LogP contribution is -2.24. The molecule has 2 amide bonds. The van der Waals surface area contributed by atoms with Crippen molar-refractivity contribution in [3.05, 3.63) is 93.3 Å². The molecule has 0 unspecified atom stereocenters. The van der Waals surface area contributed by atoms with E-state index in [1.807, 2.05) is 48.5 Å². The number of carbonyl (C=O) groups excluding carboxylic acids is 2. The zero-order valence-corrected chi connectivity index (χ0v) is 18.2. The molecular weight excluding hydrogens is 432 g/mol. The van der Waals surface area contributed by atoms with Crippen LogP contribution in [0.4, 0.5) is 5.69 Å². The lowest BCUT2D eigenvalue weighted by atomic mass is 10.1. The third kappa shape index (κ3) is 4.76. The number of methoxy groups -OCH3 is 1. The molecule has 0 radical (unpaired) electrons. The minimum Gasteiger partial charge on any atom is -0.496 e. The SMILES string of the molecule is COc1ccccc1CNC(=O)c1ccc2c(c1)NC(=O)/C(=C\c1ccccc1Cl)S2. The largest absolute Gasteiger partial charge is 0.496 e. The summed E-state index contributed by atoms with van der Waals surface area (Å²) in [6.07, 6.45) is 1.76. The Hall–Kier alpha value is -3.22. The highest BCUT2D eigenvalue weighted by Crippen LogP contribution is 2.39. The molecule has 1 aliphatic rings. The number of rotatable bonds is 5. The fourth-order valence-electron chi connectivity index (χ4n) is 3.16. The summed E-state index contributed by atoms with van der Waals surface area (Å²) in [6, 6.07) is 20.1. The summed E-state index contributed by atoms with van der Waals surface area (Å²) in [7, 11) is 1.60. The summed E-state index contributed by atoms with van der Waals surface area (Å²) in [4.78, 5) is 26.6. The van der Waals surface area contributed by atoms with Gasteiger partial charge in [0, 0.05) is 27.6 Å². The summed E-state index contributed by atoms with van der Waals surface area (Å²) in [5.41, 5.74) is 2.73. The van der Waals surface area contributed by atoms with Crippen molar-refractivity contribution in [2.75, 3.05) is 12.4 Å². The number of carbonyl (C=O) groups is 2. The van der Waals surface area contributed by atoms with Gasteiger partial charge in [-0.15, -0.1) is 0 Å². The van der Waals surface area contributed by atoms with E-state index in [9.17, 15) is 9.59 Å². The molecule has 0 aliphatic carbocycles. The van der Waals surface area contributed by atoms with E-state index in [-0.39, 0.29) is 11.8 Å². The van der Waals surface area contributed by atoms with Crippen LogP contribution in [0.3, 0.4) is 0 Å². The molecule has 0 saturated carbocycles. The third-order valence-electron chi connectivity index (χ3n) is 4.76. The van der Waals surface area contributed by atoms with Crippen LogP contribution in [-0.2, 0) is 11.3 Å². The predicted molar refractivity (Wildman–Crippen MR) is 125 cm³/mol. The molecule has 7 heteroatoms. The van der Waals surface area contributed by atoms with Crippen molar-refractivity contribution in [3.63, 3.8) is 0 Å². The molecule has 4 rings (SSSR count). The second-order valence-corrected chi connectivity index (χ2v) is 8.28. The first-order valence-corrected chi connectivity index (χ1v) is 10.7. The van der Waals surface area contributed by atoms with Gasteiger partial charge in [-0.2, -0.15) is 0 Å². The molecule has 0 fully saturated rings. The molecule has 0 atom stereocenters. The third-order valence-corrected chi connectivity index (χ3v) is 6.20. The Balaban J connectivity index is 1.49. The van der Waals surface area contributed by atoms with Crippen LogP contribution in [0.15, 0.2) is 76.5 Å². The second-order valence-electron chi connectivity index (χ2n) is 6.79. The number of thioether (sulfide) groups is 1. The summed E-state index contributed by atoms with van der Waals surface area (Å²) >= 11 is 7.55. The molecule has 31 heavy (non-hydrogen) atoms. The van der Waals surface area contributed by atoms with Crippen LogP contribution in [0.25, 0.3) is 6.08 Å². The van der Waals surface area contributed by atoms with Gasteiger partial charge >= 0.3 is 0 Å². The molecule has 3 aromatic carbocycles. The number of nitrogens with one attached hydrogen (secondary N) is 2. The number of fused-ring (bicyclic) bond motifs is 1. The van der Waals surface area contributed by atoms with Gasteiger partial charge in [-0.25, -0.2) is 0 Å². The lowest BCUT2D eigenvalue weighted by molar-refractivity contribution is -0.112. The maximum absolute atomic E-state index is 12.6. The summed E-state index contributed by atoms with van der Waals surface area (Å²) in [5.74, 6) is 0.254. The fourth-order valence-corrected chi connectivity index (χ4v) is 4.27. The van der Waals surface area contributed by atoms with Crippen LogP contribution in [-0.4, -0.2) is 18.9 Å². The van der Waals surface area contributed by atoms with E-state index >= 15 is 0 Å². The van der Waals surface area contributed by atoms with Crippen LogP contribution in [0.1, 0.15) is 21.5 Å². The number of ether oxygens (including phenoxy) is 1. The number of amides is 2. The van der Waals surface area contributed by atoms with Gasteiger partial charge < -0.3 is 15.4 Å². The normalized spacial score (nSPS) is 14.0. The van der Waals surface area contributed by atoms with Gasteiger partial charge in [-0.3, -0.25) is 9.59 Å². The maximum atomic E-state index is 12.6. The van der Waals surface area contributed by atoms with Gasteiger partial charge in [0.1, 0.15) is 5.75 Å². The van der Waals surface area contributed by atoms with Gasteiger partial charge in [0.25, 0.3) is 11.8 Å². The highest BCUT2D eigenvalue weighted by Gasteiger charge is 2.22. The van der Waals surface area contributed by atoms with Crippen LogP contribution >= 0.6 is 23.4 Å². The van der Waals surface area contributed by atoms with E-state index in [2.05, 4.69) is 10.6 Å². The average Bonchev–Trinajstić information content (AvgIpc) is 2.79. The van der Waals surface area contributed by atoms with E-state index < -0.39 is 0 Å². The molecule has 0 bridgehead atoms. The van der Waals surface area contributed by atoms with Crippen LogP contribution in [0.5, 0.6) is 5.75 Å². The quantitative estimate of drug-likeness (QED) is 0.513. The van der Waals surface area contributed by atoms with Gasteiger partial charge in [-0.1, -0.05) is 59.8 Å². The molecule has 0 spiro atoms. The highest BCUT2D eigenvalue weighted by molar-refractivity contribution is 8.04. The lowest BCUT2D eigenvalue weighted by Gasteiger charge is -2.19. The van der Waals surface area contributed by atoms with Crippen molar-refractivity contribution in [1.82, 2.24) is 5.32 Å². The highest BCUT2D eigenvalue weighted by atomic mass is 35.5. The van der Waals surface area contributed by atoms with E-state index in [1.54, 1.807) is 31.4 Å². The maximum Gasteiger partial charge on any atom is 0.262 e. The zero-order valence-electron chi connectivity index (χ0n) is 16.6. The van der Waals surface area contributed by atoms with Crippen molar-refractivity contribution in [1.29, 1.82) is 0 Å². The van der Waals surface area contributed by atoms with Crippen LogP contribution in [0.2, 0.25) is 5.02 Å².